The van der Waals surface area contributed by atoms with E-state index in [0.29, 0.717) is 43.3 Å². The minimum atomic E-state index is -0.0668. The van der Waals surface area contributed by atoms with Crippen molar-refractivity contribution >= 4 is 22.6 Å². The second kappa shape index (κ2) is 9.26. The van der Waals surface area contributed by atoms with Gasteiger partial charge in [-0.3, -0.25) is 14.3 Å². The number of aryl methyl sites for hydroxylation is 1. The van der Waals surface area contributed by atoms with Gasteiger partial charge in [-0.2, -0.15) is 5.10 Å². The number of amides is 1. The van der Waals surface area contributed by atoms with Gasteiger partial charge in [-0.25, -0.2) is 4.98 Å². The molecule has 1 amide bonds. The second-order valence-corrected chi connectivity index (χ2v) is 7.51. The summed E-state index contributed by atoms with van der Waals surface area (Å²) in [6.45, 7) is 4.52. The van der Waals surface area contributed by atoms with E-state index in [1.54, 1.807) is 22.8 Å². The zero-order valence-electron chi connectivity index (χ0n) is 17.8. The maximum absolute atomic E-state index is 12.8. The summed E-state index contributed by atoms with van der Waals surface area (Å²) in [4.78, 5) is 31.6. The zero-order chi connectivity index (χ0) is 21.8. The Bertz CT molecular complexity index is 1100. The lowest BCUT2D eigenvalue weighted by atomic mass is 10.0. The first-order valence-corrected chi connectivity index (χ1v) is 10.5. The molecular formula is C23H26N4O4. The molecule has 1 saturated heterocycles. The van der Waals surface area contributed by atoms with Gasteiger partial charge in [0.25, 0.3) is 0 Å². The van der Waals surface area contributed by atoms with Crippen LogP contribution < -0.4 is 4.74 Å². The van der Waals surface area contributed by atoms with Crippen LogP contribution in [0.3, 0.4) is 0 Å². The largest absolute Gasteiger partial charge is 0.496 e. The lowest BCUT2D eigenvalue weighted by Gasteiger charge is -2.26. The van der Waals surface area contributed by atoms with Crippen LogP contribution in [0.25, 0.3) is 10.9 Å². The van der Waals surface area contributed by atoms with Crippen molar-refractivity contribution in [1.29, 1.82) is 0 Å². The molecule has 2 aromatic heterocycles. The van der Waals surface area contributed by atoms with Gasteiger partial charge in [-0.05, 0) is 24.6 Å². The molecule has 0 spiro atoms. The van der Waals surface area contributed by atoms with Crippen molar-refractivity contribution in [3.05, 3.63) is 53.5 Å². The first-order valence-electron chi connectivity index (χ1n) is 10.5. The molecule has 1 aromatic carbocycles. The molecule has 0 unspecified atom stereocenters. The van der Waals surface area contributed by atoms with Crippen LogP contribution in [0.2, 0.25) is 0 Å². The molecule has 0 aliphatic carbocycles. The van der Waals surface area contributed by atoms with Crippen molar-refractivity contribution in [2.45, 2.75) is 26.3 Å². The SMILES string of the molecule is CCc1cccc(C(=O)Cc2cc3cn(CC(=O)N4CCOCC4)nc3cc2OC)n1. The van der Waals surface area contributed by atoms with E-state index in [9.17, 15) is 9.59 Å². The fraction of sp³-hybridized carbons (Fsp3) is 0.391. The van der Waals surface area contributed by atoms with Crippen LogP contribution in [0.1, 0.15) is 28.7 Å². The Hall–Kier alpha value is -3.26. The number of carbonyl (C=O) groups is 2. The van der Waals surface area contributed by atoms with Gasteiger partial charge in [-0.15, -0.1) is 0 Å². The van der Waals surface area contributed by atoms with Gasteiger partial charge in [-0.1, -0.05) is 13.0 Å². The summed E-state index contributed by atoms with van der Waals surface area (Å²) in [5, 5.41) is 5.37. The van der Waals surface area contributed by atoms with Crippen molar-refractivity contribution in [1.82, 2.24) is 19.7 Å². The Balaban J connectivity index is 1.55. The number of nitrogens with zero attached hydrogens (tertiary/aromatic N) is 4. The highest BCUT2D eigenvalue weighted by Crippen LogP contribution is 2.26. The second-order valence-electron chi connectivity index (χ2n) is 7.51. The Morgan fingerprint density at radius 2 is 2.00 bits per heavy atom. The van der Waals surface area contributed by atoms with Crippen LogP contribution in [0.15, 0.2) is 36.5 Å². The van der Waals surface area contributed by atoms with E-state index in [1.807, 2.05) is 37.4 Å². The van der Waals surface area contributed by atoms with Crippen LogP contribution in [-0.4, -0.2) is 64.8 Å². The summed E-state index contributed by atoms with van der Waals surface area (Å²) in [6, 6.07) is 9.22. The fourth-order valence-corrected chi connectivity index (χ4v) is 3.71. The first-order chi connectivity index (χ1) is 15.1. The number of Topliss-reactive ketones (excluding diaryl/α,β-unsaturated/α-hetero) is 1. The minimum Gasteiger partial charge on any atom is -0.496 e. The lowest BCUT2D eigenvalue weighted by Crippen LogP contribution is -2.42. The lowest BCUT2D eigenvalue weighted by molar-refractivity contribution is -0.136. The third-order valence-electron chi connectivity index (χ3n) is 5.42. The van der Waals surface area contributed by atoms with E-state index in [-0.39, 0.29) is 24.7 Å². The smallest absolute Gasteiger partial charge is 0.244 e. The highest BCUT2D eigenvalue weighted by atomic mass is 16.5. The van der Waals surface area contributed by atoms with Crippen LogP contribution in [0, 0.1) is 0 Å². The number of ether oxygens (including phenoxy) is 2. The van der Waals surface area contributed by atoms with E-state index in [2.05, 4.69) is 10.1 Å². The number of rotatable bonds is 7. The van der Waals surface area contributed by atoms with Crippen LogP contribution in [0.4, 0.5) is 0 Å². The quantitative estimate of drug-likeness (QED) is 0.543. The zero-order valence-corrected chi connectivity index (χ0v) is 17.8. The Morgan fingerprint density at radius 3 is 2.74 bits per heavy atom. The first kappa shape index (κ1) is 21.0. The number of hydrogen-bond donors (Lipinski definition) is 0. The number of aromatic nitrogens is 3. The van der Waals surface area contributed by atoms with Crippen LogP contribution in [-0.2, 0) is 28.9 Å². The number of hydrogen-bond acceptors (Lipinski definition) is 6. The van der Waals surface area contributed by atoms with Crippen molar-refractivity contribution in [2.24, 2.45) is 0 Å². The normalized spacial score (nSPS) is 14.1. The van der Waals surface area contributed by atoms with Gasteiger partial charge in [0.1, 0.15) is 18.0 Å². The predicted octanol–water partition coefficient (Wildman–Crippen LogP) is 2.29. The van der Waals surface area contributed by atoms with Gasteiger partial charge < -0.3 is 14.4 Å². The number of pyridine rings is 1. The van der Waals surface area contributed by atoms with Gasteiger partial charge in [0.05, 0.1) is 25.8 Å². The van der Waals surface area contributed by atoms with Gasteiger partial charge >= 0.3 is 0 Å². The Morgan fingerprint density at radius 1 is 1.19 bits per heavy atom. The maximum Gasteiger partial charge on any atom is 0.244 e. The molecule has 3 heterocycles. The van der Waals surface area contributed by atoms with Gasteiger partial charge in [0.2, 0.25) is 5.91 Å². The van der Waals surface area contributed by atoms with Crippen molar-refractivity contribution < 1.29 is 19.1 Å². The van der Waals surface area contributed by atoms with Crippen molar-refractivity contribution in [2.75, 3.05) is 33.4 Å². The minimum absolute atomic E-state index is 0.0142. The van der Waals surface area contributed by atoms with E-state index < -0.39 is 0 Å². The monoisotopic (exact) mass is 422 g/mol. The van der Waals surface area contributed by atoms with E-state index in [1.165, 1.54) is 0 Å². The topological polar surface area (TPSA) is 86.6 Å². The molecule has 1 aliphatic heterocycles. The molecule has 0 radical (unpaired) electrons. The number of morpholine rings is 1. The van der Waals surface area contributed by atoms with Gasteiger partial charge in [0.15, 0.2) is 5.78 Å². The number of benzene rings is 1. The number of methoxy groups -OCH3 is 1. The highest BCUT2D eigenvalue weighted by molar-refractivity contribution is 5.97. The van der Waals surface area contributed by atoms with E-state index in [0.717, 1.165) is 23.1 Å². The van der Waals surface area contributed by atoms with Crippen molar-refractivity contribution in [3.63, 3.8) is 0 Å². The Kier molecular flexibility index (Phi) is 6.27. The summed E-state index contributed by atoms with van der Waals surface area (Å²) in [5.41, 5.74) is 2.82. The molecule has 0 N–H and O–H groups in total. The molecule has 4 rings (SSSR count). The molecule has 3 aromatic rings. The summed E-state index contributed by atoms with van der Waals surface area (Å²) in [6.07, 6.45) is 2.78. The Labute approximate surface area is 180 Å². The summed E-state index contributed by atoms with van der Waals surface area (Å²) in [5.74, 6) is 0.542. The van der Waals surface area contributed by atoms with Crippen LogP contribution >= 0.6 is 0 Å². The van der Waals surface area contributed by atoms with Crippen molar-refractivity contribution in [3.8, 4) is 5.75 Å². The van der Waals surface area contributed by atoms with E-state index >= 15 is 0 Å². The molecule has 0 saturated carbocycles. The number of fused-ring (bicyclic) bond motifs is 1. The maximum atomic E-state index is 12.8. The molecule has 1 aliphatic rings. The molecule has 162 valence electrons. The molecule has 0 bridgehead atoms. The third-order valence-corrected chi connectivity index (χ3v) is 5.42. The average molecular weight is 422 g/mol. The molecule has 1 fully saturated rings. The fourth-order valence-electron chi connectivity index (χ4n) is 3.71. The number of ketones is 1. The highest BCUT2D eigenvalue weighted by Gasteiger charge is 2.19. The molecule has 31 heavy (non-hydrogen) atoms. The van der Waals surface area contributed by atoms with E-state index in [4.69, 9.17) is 9.47 Å². The third kappa shape index (κ3) is 4.74. The predicted molar refractivity (Wildman–Crippen MR) is 115 cm³/mol. The summed E-state index contributed by atoms with van der Waals surface area (Å²) < 4.78 is 12.4. The molecule has 0 atom stereocenters. The molecule has 8 nitrogen and oxygen atoms in total. The average Bonchev–Trinajstić information content (AvgIpc) is 3.19. The van der Waals surface area contributed by atoms with Gasteiger partial charge in [0, 0.05) is 48.4 Å². The molecular weight excluding hydrogens is 396 g/mol. The summed E-state index contributed by atoms with van der Waals surface area (Å²) >= 11 is 0. The standard InChI is InChI=1S/C23H26N4O4/c1-3-18-5-4-6-19(24-18)21(28)12-16-11-17-14-27(25-20(17)13-22(16)30-2)15-23(29)26-7-9-31-10-8-26/h4-6,11,13-14H,3,7-10,12,15H2,1-2H3. The molecule has 8 heteroatoms. The van der Waals surface area contributed by atoms with Crippen LogP contribution in [0.5, 0.6) is 5.75 Å². The summed E-state index contributed by atoms with van der Waals surface area (Å²) in [7, 11) is 1.57. The number of carbonyl (C=O) groups excluding carboxylic acids is 2.